The van der Waals surface area contributed by atoms with Crippen LogP contribution in [-0.2, 0) is 9.84 Å². The van der Waals surface area contributed by atoms with Gasteiger partial charge in [-0.3, -0.25) is 0 Å². The topological polar surface area (TPSA) is 74.6 Å². The summed E-state index contributed by atoms with van der Waals surface area (Å²) in [6, 6.07) is 0. The van der Waals surface area contributed by atoms with Crippen molar-refractivity contribution in [3.63, 3.8) is 0 Å². The van der Waals surface area contributed by atoms with Crippen LogP contribution in [0.4, 0.5) is 0 Å². The van der Waals surface area contributed by atoms with Crippen LogP contribution in [0.1, 0.15) is 13.3 Å². The molecule has 4 nitrogen and oxygen atoms in total. The van der Waals surface area contributed by atoms with Gasteiger partial charge in [-0.25, -0.2) is 8.42 Å². The van der Waals surface area contributed by atoms with Gasteiger partial charge in [0.25, 0.3) is 0 Å². The summed E-state index contributed by atoms with van der Waals surface area (Å²) >= 11 is 0. The highest BCUT2D eigenvalue weighted by Gasteiger charge is 2.12. The zero-order valence-electron chi connectivity index (χ0n) is 7.23. The summed E-state index contributed by atoms with van der Waals surface area (Å²) in [4.78, 5) is 0. The fraction of sp³-hybridized carbons (Fsp3) is 1.00. The van der Waals surface area contributed by atoms with Crippen molar-refractivity contribution >= 4 is 9.84 Å². The first-order valence-electron chi connectivity index (χ1n) is 3.97. The van der Waals surface area contributed by atoms with E-state index in [0.29, 0.717) is 6.42 Å². The third-order valence-electron chi connectivity index (χ3n) is 1.79. The molecule has 0 aromatic carbocycles. The van der Waals surface area contributed by atoms with Crippen molar-refractivity contribution in [2.24, 2.45) is 5.92 Å². The summed E-state index contributed by atoms with van der Waals surface area (Å²) in [7, 11) is -2.96. The quantitative estimate of drug-likeness (QED) is 0.595. The maximum Gasteiger partial charge on any atom is 0.150 e. The van der Waals surface area contributed by atoms with E-state index in [9.17, 15) is 8.42 Å². The Labute approximate surface area is 73.1 Å². The fourth-order valence-electron chi connectivity index (χ4n) is 0.731. The SMILES string of the molecule is CCS(=O)(=O)CCC(CO)CO. The molecule has 0 amide bonds. The molecule has 0 radical (unpaired) electrons. The maximum absolute atomic E-state index is 11.0. The number of sulfone groups is 1. The van der Waals surface area contributed by atoms with Crippen LogP contribution < -0.4 is 0 Å². The van der Waals surface area contributed by atoms with E-state index >= 15 is 0 Å². The summed E-state index contributed by atoms with van der Waals surface area (Å²) in [6.07, 6.45) is 0.336. The van der Waals surface area contributed by atoms with Crippen molar-refractivity contribution < 1.29 is 18.6 Å². The van der Waals surface area contributed by atoms with Gasteiger partial charge in [0.15, 0.2) is 0 Å². The zero-order valence-corrected chi connectivity index (χ0v) is 8.05. The van der Waals surface area contributed by atoms with Crippen molar-refractivity contribution in [1.29, 1.82) is 0 Å². The molecule has 0 aliphatic carbocycles. The Morgan fingerprint density at radius 1 is 1.25 bits per heavy atom. The smallest absolute Gasteiger partial charge is 0.150 e. The number of aliphatic hydroxyl groups excluding tert-OH is 2. The predicted molar refractivity (Wildman–Crippen MR) is 46.6 cm³/mol. The van der Waals surface area contributed by atoms with Crippen molar-refractivity contribution in [1.82, 2.24) is 0 Å². The van der Waals surface area contributed by atoms with E-state index in [4.69, 9.17) is 10.2 Å². The molecule has 0 rings (SSSR count). The van der Waals surface area contributed by atoms with Crippen molar-refractivity contribution in [3.8, 4) is 0 Å². The molecule has 0 saturated carbocycles. The third-order valence-corrected chi connectivity index (χ3v) is 3.53. The summed E-state index contributed by atoms with van der Waals surface area (Å²) in [6.45, 7) is 1.27. The first-order valence-corrected chi connectivity index (χ1v) is 5.80. The first-order chi connectivity index (χ1) is 5.55. The average Bonchev–Trinajstić information content (AvgIpc) is 2.06. The Bertz CT molecular complexity index is 193. The minimum absolute atomic E-state index is 0.0509. The Hall–Kier alpha value is -0.130. The molecule has 0 aliphatic rings. The minimum Gasteiger partial charge on any atom is -0.396 e. The van der Waals surface area contributed by atoms with Gasteiger partial charge in [0.05, 0.1) is 5.75 Å². The van der Waals surface area contributed by atoms with Gasteiger partial charge in [-0.15, -0.1) is 0 Å². The summed E-state index contributed by atoms with van der Waals surface area (Å²) in [5.41, 5.74) is 0. The largest absolute Gasteiger partial charge is 0.396 e. The predicted octanol–water partition coefficient (Wildman–Crippen LogP) is -0.588. The van der Waals surface area contributed by atoms with E-state index in [-0.39, 0.29) is 30.6 Å². The van der Waals surface area contributed by atoms with Crippen LogP contribution in [0.5, 0.6) is 0 Å². The van der Waals surface area contributed by atoms with E-state index in [2.05, 4.69) is 0 Å². The molecule has 0 bridgehead atoms. The monoisotopic (exact) mass is 196 g/mol. The molecule has 0 atom stereocenters. The van der Waals surface area contributed by atoms with Crippen molar-refractivity contribution in [2.75, 3.05) is 24.7 Å². The Morgan fingerprint density at radius 2 is 1.75 bits per heavy atom. The molecule has 12 heavy (non-hydrogen) atoms. The normalized spacial score (nSPS) is 12.3. The Balaban J connectivity index is 3.81. The molecule has 0 fully saturated rings. The Kier molecular flexibility index (Phi) is 5.44. The van der Waals surface area contributed by atoms with Gasteiger partial charge in [0, 0.05) is 24.9 Å². The molecular weight excluding hydrogens is 180 g/mol. The zero-order chi connectivity index (χ0) is 9.61. The van der Waals surface area contributed by atoms with Crippen LogP contribution >= 0.6 is 0 Å². The molecule has 74 valence electrons. The van der Waals surface area contributed by atoms with Gasteiger partial charge in [-0.2, -0.15) is 0 Å². The van der Waals surface area contributed by atoms with Gasteiger partial charge in [-0.1, -0.05) is 6.92 Å². The van der Waals surface area contributed by atoms with Crippen LogP contribution in [-0.4, -0.2) is 43.4 Å². The summed E-state index contributed by atoms with van der Waals surface area (Å²) < 4.78 is 21.9. The van der Waals surface area contributed by atoms with E-state index in [1.807, 2.05) is 0 Å². The van der Waals surface area contributed by atoms with Crippen molar-refractivity contribution in [3.05, 3.63) is 0 Å². The van der Waals surface area contributed by atoms with E-state index in [1.54, 1.807) is 6.92 Å². The Morgan fingerprint density at radius 3 is 2.08 bits per heavy atom. The molecule has 0 aromatic heterocycles. The van der Waals surface area contributed by atoms with Crippen LogP contribution in [0.2, 0.25) is 0 Å². The van der Waals surface area contributed by atoms with E-state index < -0.39 is 9.84 Å². The van der Waals surface area contributed by atoms with Crippen LogP contribution in [0.25, 0.3) is 0 Å². The number of hydrogen-bond donors (Lipinski definition) is 2. The second-order valence-electron chi connectivity index (χ2n) is 2.76. The molecular formula is C7H16O4S. The van der Waals surface area contributed by atoms with Crippen molar-refractivity contribution in [2.45, 2.75) is 13.3 Å². The third kappa shape index (κ3) is 4.69. The van der Waals surface area contributed by atoms with Crippen LogP contribution in [0.3, 0.4) is 0 Å². The molecule has 0 aromatic rings. The van der Waals surface area contributed by atoms with Crippen LogP contribution in [0.15, 0.2) is 0 Å². The number of aliphatic hydroxyl groups is 2. The molecule has 0 spiro atoms. The van der Waals surface area contributed by atoms with E-state index in [1.165, 1.54) is 0 Å². The number of rotatable bonds is 6. The number of hydrogen-bond acceptors (Lipinski definition) is 4. The molecule has 0 aliphatic heterocycles. The highest BCUT2D eigenvalue weighted by molar-refractivity contribution is 7.91. The standard InChI is InChI=1S/C7H16O4S/c1-2-12(10,11)4-3-7(5-8)6-9/h7-9H,2-6H2,1H3. The van der Waals surface area contributed by atoms with Gasteiger partial charge in [-0.05, 0) is 6.42 Å². The van der Waals surface area contributed by atoms with Crippen LogP contribution in [0, 0.1) is 5.92 Å². The molecule has 0 unspecified atom stereocenters. The highest BCUT2D eigenvalue weighted by atomic mass is 32.2. The van der Waals surface area contributed by atoms with Gasteiger partial charge >= 0.3 is 0 Å². The minimum atomic E-state index is -2.96. The average molecular weight is 196 g/mol. The maximum atomic E-state index is 11.0. The lowest BCUT2D eigenvalue weighted by atomic mass is 10.1. The molecule has 5 heteroatoms. The van der Waals surface area contributed by atoms with E-state index in [0.717, 1.165) is 0 Å². The van der Waals surface area contributed by atoms with Gasteiger partial charge in [0.2, 0.25) is 0 Å². The summed E-state index contributed by atoms with van der Waals surface area (Å²) in [5.74, 6) is -0.127. The second-order valence-corrected chi connectivity index (χ2v) is 5.23. The fourth-order valence-corrected chi connectivity index (χ4v) is 1.71. The van der Waals surface area contributed by atoms with Gasteiger partial charge < -0.3 is 10.2 Å². The second kappa shape index (κ2) is 5.50. The molecule has 0 heterocycles. The lowest BCUT2D eigenvalue weighted by molar-refractivity contribution is 0.148. The lowest BCUT2D eigenvalue weighted by Crippen LogP contribution is -2.17. The molecule has 2 N–H and O–H groups in total. The highest BCUT2D eigenvalue weighted by Crippen LogP contribution is 2.04. The lowest BCUT2D eigenvalue weighted by Gasteiger charge is -2.09. The van der Waals surface area contributed by atoms with Gasteiger partial charge in [0.1, 0.15) is 9.84 Å². The first kappa shape index (κ1) is 11.9. The summed E-state index contributed by atoms with van der Waals surface area (Å²) in [5, 5.41) is 17.3. The molecule has 0 saturated heterocycles.